The highest BCUT2D eigenvalue weighted by atomic mass is 31.2. The van der Waals surface area contributed by atoms with Crippen molar-refractivity contribution in [3.05, 3.63) is 29.8 Å². The normalized spacial score (nSPS) is 12.3. The molecule has 0 fully saturated rings. The lowest BCUT2D eigenvalue weighted by Crippen LogP contribution is -2.32. The SMILES string of the molecule is NCCNC(=O)C(F)c1ccccc1OP(O)O. The van der Waals surface area contributed by atoms with Crippen molar-refractivity contribution >= 4 is 14.5 Å². The molecular weight excluding hydrogens is 262 g/mol. The van der Waals surface area contributed by atoms with Crippen LogP contribution in [-0.2, 0) is 4.79 Å². The van der Waals surface area contributed by atoms with Gasteiger partial charge in [-0.15, -0.1) is 0 Å². The fraction of sp³-hybridized carbons (Fsp3) is 0.300. The summed E-state index contributed by atoms with van der Waals surface area (Å²) in [7, 11) is -2.67. The highest BCUT2D eigenvalue weighted by Gasteiger charge is 2.23. The number of nitrogens with two attached hydrogens (primary N) is 1. The molecule has 1 rings (SSSR count). The lowest BCUT2D eigenvalue weighted by Gasteiger charge is -2.14. The maximum atomic E-state index is 13.9. The lowest BCUT2D eigenvalue weighted by atomic mass is 10.1. The number of halogens is 1. The van der Waals surface area contributed by atoms with Crippen molar-refractivity contribution in [3.8, 4) is 5.75 Å². The minimum atomic E-state index is -2.67. The molecule has 0 aromatic heterocycles. The molecule has 8 heteroatoms. The van der Waals surface area contributed by atoms with Crippen molar-refractivity contribution in [2.24, 2.45) is 5.73 Å². The maximum Gasteiger partial charge on any atom is 0.391 e. The molecule has 1 unspecified atom stereocenters. The monoisotopic (exact) mass is 276 g/mol. The topological polar surface area (TPSA) is 105 Å². The highest BCUT2D eigenvalue weighted by Crippen LogP contribution is 2.35. The third kappa shape index (κ3) is 4.19. The molecule has 5 N–H and O–H groups in total. The third-order valence-electron chi connectivity index (χ3n) is 2.05. The molecule has 18 heavy (non-hydrogen) atoms. The molecule has 1 aromatic carbocycles. The van der Waals surface area contributed by atoms with E-state index in [1.807, 2.05) is 0 Å². The van der Waals surface area contributed by atoms with Crippen molar-refractivity contribution in [1.82, 2.24) is 5.32 Å². The quantitative estimate of drug-likeness (QED) is 0.562. The Balaban J connectivity index is 2.84. The standard InChI is InChI=1S/C10H14FN2O4P/c11-9(10(14)13-6-5-12)7-3-1-2-4-8(7)17-18(15)16/h1-4,9,15-16H,5-6,12H2,(H,13,14). The van der Waals surface area contributed by atoms with Gasteiger partial charge in [0.2, 0.25) is 6.17 Å². The van der Waals surface area contributed by atoms with Crippen LogP contribution in [0.5, 0.6) is 5.75 Å². The van der Waals surface area contributed by atoms with E-state index in [0.29, 0.717) is 0 Å². The van der Waals surface area contributed by atoms with Crippen molar-refractivity contribution in [3.63, 3.8) is 0 Å². The Bertz CT molecular complexity index is 405. The van der Waals surface area contributed by atoms with Crippen molar-refractivity contribution in [2.45, 2.75) is 6.17 Å². The van der Waals surface area contributed by atoms with E-state index in [0.717, 1.165) is 0 Å². The van der Waals surface area contributed by atoms with E-state index in [4.69, 9.17) is 15.5 Å². The van der Waals surface area contributed by atoms with Crippen LogP contribution in [-0.4, -0.2) is 28.8 Å². The molecule has 0 aliphatic carbocycles. The minimum absolute atomic E-state index is 0.0670. The van der Waals surface area contributed by atoms with Crippen LogP contribution < -0.4 is 15.6 Å². The molecule has 0 aliphatic rings. The average Bonchev–Trinajstić information content (AvgIpc) is 2.35. The third-order valence-corrected chi connectivity index (χ3v) is 2.41. The number of nitrogens with one attached hydrogen (secondary N) is 1. The predicted octanol–water partition coefficient (Wildman–Crippen LogP) is 0.362. The van der Waals surface area contributed by atoms with Crippen LogP contribution in [0.15, 0.2) is 24.3 Å². The van der Waals surface area contributed by atoms with Crippen LogP contribution in [0, 0.1) is 0 Å². The second-order valence-corrected chi connectivity index (χ2v) is 4.01. The summed E-state index contributed by atoms with van der Waals surface area (Å²) in [6, 6.07) is 5.73. The van der Waals surface area contributed by atoms with Gasteiger partial charge >= 0.3 is 8.60 Å². The first-order chi connectivity index (χ1) is 8.56. The summed E-state index contributed by atoms with van der Waals surface area (Å²) in [6.45, 7) is 0.365. The van der Waals surface area contributed by atoms with Gasteiger partial charge in [-0.3, -0.25) is 4.79 Å². The molecule has 0 radical (unpaired) electrons. The molecule has 0 aliphatic heterocycles. The van der Waals surface area contributed by atoms with Gasteiger partial charge in [-0.1, -0.05) is 18.2 Å². The van der Waals surface area contributed by atoms with E-state index in [1.165, 1.54) is 24.3 Å². The van der Waals surface area contributed by atoms with Gasteiger partial charge in [0.25, 0.3) is 5.91 Å². The van der Waals surface area contributed by atoms with E-state index in [2.05, 4.69) is 9.84 Å². The lowest BCUT2D eigenvalue weighted by molar-refractivity contribution is -0.126. The smallest absolute Gasteiger partial charge is 0.391 e. The first-order valence-corrected chi connectivity index (χ1v) is 6.29. The molecule has 1 atom stereocenters. The van der Waals surface area contributed by atoms with Gasteiger partial charge in [-0.2, -0.15) is 0 Å². The molecule has 1 amide bonds. The fourth-order valence-electron chi connectivity index (χ4n) is 1.29. The van der Waals surface area contributed by atoms with Crippen molar-refractivity contribution in [1.29, 1.82) is 0 Å². The van der Waals surface area contributed by atoms with E-state index < -0.39 is 20.7 Å². The molecule has 0 saturated heterocycles. The first kappa shape index (κ1) is 14.8. The summed E-state index contributed by atoms with van der Waals surface area (Å²) in [4.78, 5) is 28.9. The van der Waals surface area contributed by atoms with E-state index in [-0.39, 0.29) is 24.4 Å². The van der Waals surface area contributed by atoms with Crippen LogP contribution in [0.4, 0.5) is 4.39 Å². The minimum Gasteiger partial charge on any atom is -0.427 e. The van der Waals surface area contributed by atoms with Gasteiger partial charge in [0.15, 0.2) is 0 Å². The molecular formula is C10H14FN2O4P. The van der Waals surface area contributed by atoms with E-state index >= 15 is 0 Å². The number of benzene rings is 1. The second kappa shape index (κ2) is 7.23. The van der Waals surface area contributed by atoms with Gasteiger partial charge in [0.05, 0.1) is 0 Å². The summed E-state index contributed by atoms with van der Waals surface area (Å²) in [5.74, 6) is -0.930. The largest absolute Gasteiger partial charge is 0.427 e. The Kier molecular flexibility index (Phi) is 5.94. The summed E-state index contributed by atoms with van der Waals surface area (Å²) < 4.78 is 18.5. The van der Waals surface area contributed by atoms with Gasteiger partial charge in [0, 0.05) is 18.7 Å². The zero-order chi connectivity index (χ0) is 13.5. The van der Waals surface area contributed by atoms with Crippen molar-refractivity contribution in [2.75, 3.05) is 13.1 Å². The van der Waals surface area contributed by atoms with Crippen LogP contribution >= 0.6 is 8.60 Å². The Labute approximate surface area is 105 Å². The molecule has 1 aromatic rings. The van der Waals surface area contributed by atoms with Crippen LogP contribution in [0.2, 0.25) is 0 Å². The number of hydrogen-bond donors (Lipinski definition) is 4. The number of rotatable bonds is 6. The number of hydrogen-bond acceptors (Lipinski definition) is 5. The highest BCUT2D eigenvalue weighted by molar-refractivity contribution is 7.39. The second-order valence-electron chi connectivity index (χ2n) is 3.32. The number of alkyl halides is 1. The number of carbonyl (C=O) groups is 1. The van der Waals surface area contributed by atoms with Crippen LogP contribution in [0.3, 0.4) is 0 Å². The van der Waals surface area contributed by atoms with E-state index in [9.17, 15) is 9.18 Å². The van der Waals surface area contributed by atoms with Crippen LogP contribution in [0.25, 0.3) is 0 Å². The zero-order valence-electron chi connectivity index (χ0n) is 9.41. The Morgan fingerprint density at radius 2 is 2.17 bits per heavy atom. The van der Waals surface area contributed by atoms with Crippen molar-refractivity contribution < 1.29 is 23.5 Å². The van der Waals surface area contributed by atoms with E-state index in [1.54, 1.807) is 0 Å². The molecule has 0 spiro atoms. The Hall–Kier alpha value is -1.27. The summed E-state index contributed by atoms with van der Waals surface area (Å²) >= 11 is 0. The Morgan fingerprint density at radius 1 is 1.50 bits per heavy atom. The Morgan fingerprint density at radius 3 is 2.78 bits per heavy atom. The fourth-order valence-corrected chi connectivity index (χ4v) is 1.63. The van der Waals surface area contributed by atoms with Gasteiger partial charge in [0.1, 0.15) is 5.75 Å². The van der Waals surface area contributed by atoms with Gasteiger partial charge in [-0.05, 0) is 6.07 Å². The summed E-state index contributed by atoms with van der Waals surface area (Å²) in [5, 5.41) is 2.30. The predicted molar refractivity (Wildman–Crippen MR) is 64.3 cm³/mol. The molecule has 0 heterocycles. The van der Waals surface area contributed by atoms with Gasteiger partial charge in [-0.25, -0.2) is 4.39 Å². The number of amides is 1. The number of carbonyl (C=O) groups excluding carboxylic acids is 1. The number of para-hydroxylation sites is 1. The summed E-state index contributed by atoms with van der Waals surface area (Å²) in [5.41, 5.74) is 5.12. The van der Waals surface area contributed by atoms with Crippen LogP contribution in [0.1, 0.15) is 11.7 Å². The molecule has 100 valence electrons. The average molecular weight is 276 g/mol. The maximum absolute atomic E-state index is 13.9. The molecule has 6 nitrogen and oxygen atoms in total. The molecule has 0 saturated carbocycles. The summed E-state index contributed by atoms with van der Waals surface area (Å²) in [6.07, 6.45) is -1.96. The first-order valence-electron chi connectivity index (χ1n) is 5.13. The van der Waals surface area contributed by atoms with Gasteiger partial charge < -0.3 is 25.4 Å². The zero-order valence-corrected chi connectivity index (χ0v) is 10.3. The molecule has 0 bridgehead atoms.